The van der Waals surface area contributed by atoms with Crippen LogP contribution in [0, 0.1) is 0 Å². The zero-order valence-electron chi connectivity index (χ0n) is 11.6. The number of hydrogen-bond donors (Lipinski definition) is 2. The first kappa shape index (κ1) is 15.6. The van der Waals surface area contributed by atoms with Crippen molar-refractivity contribution in [2.45, 2.75) is 30.2 Å². The van der Waals surface area contributed by atoms with Crippen LogP contribution in [0.2, 0.25) is 5.02 Å². The van der Waals surface area contributed by atoms with E-state index in [0.717, 1.165) is 25.9 Å². The molecule has 0 atom stereocenters. The summed E-state index contributed by atoms with van der Waals surface area (Å²) in [5.74, 6) is 0.457. The van der Waals surface area contributed by atoms with Gasteiger partial charge in [0.15, 0.2) is 0 Å². The summed E-state index contributed by atoms with van der Waals surface area (Å²) in [4.78, 5) is 0.156. The topological polar surface area (TPSA) is 67.4 Å². The molecular weight excluding hydrogens is 300 g/mol. The molecule has 1 aliphatic heterocycles. The molecule has 1 aliphatic rings. The summed E-state index contributed by atoms with van der Waals surface area (Å²) < 4.78 is 32.7. The van der Waals surface area contributed by atoms with Gasteiger partial charge < -0.3 is 10.1 Å². The number of piperidine rings is 1. The Balaban J connectivity index is 2.24. The molecule has 0 saturated carbocycles. The lowest BCUT2D eigenvalue weighted by atomic mass is 9.92. The number of rotatable bonds is 4. The first-order chi connectivity index (χ1) is 9.36. The van der Waals surface area contributed by atoms with Gasteiger partial charge in [-0.15, -0.1) is 0 Å². The van der Waals surface area contributed by atoms with Crippen molar-refractivity contribution >= 4 is 21.6 Å². The van der Waals surface area contributed by atoms with Crippen molar-refractivity contribution in [3.05, 3.63) is 23.2 Å². The average Bonchev–Trinajstić information content (AvgIpc) is 2.38. The van der Waals surface area contributed by atoms with Gasteiger partial charge in [0.25, 0.3) is 0 Å². The molecule has 0 bridgehead atoms. The van der Waals surface area contributed by atoms with E-state index in [-0.39, 0.29) is 9.92 Å². The fourth-order valence-corrected chi connectivity index (χ4v) is 4.09. The predicted octanol–water partition coefficient (Wildman–Crippen LogP) is 1.77. The van der Waals surface area contributed by atoms with E-state index in [1.54, 1.807) is 6.07 Å². The monoisotopic (exact) mass is 318 g/mol. The van der Waals surface area contributed by atoms with Crippen molar-refractivity contribution in [3.8, 4) is 5.75 Å². The van der Waals surface area contributed by atoms with Crippen LogP contribution in [-0.4, -0.2) is 34.2 Å². The molecule has 0 amide bonds. The number of benzene rings is 1. The summed E-state index contributed by atoms with van der Waals surface area (Å²) >= 11 is 5.99. The lowest BCUT2D eigenvalue weighted by Gasteiger charge is -2.34. The van der Waals surface area contributed by atoms with E-state index in [4.69, 9.17) is 16.3 Å². The highest BCUT2D eigenvalue weighted by Gasteiger charge is 2.32. The lowest BCUT2D eigenvalue weighted by Crippen LogP contribution is -2.52. The quantitative estimate of drug-likeness (QED) is 0.888. The third-order valence-corrected chi connectivity index (χ3v) is 5.45. The fourth-order valence-electron chi connectivity index (χ4n) is 2.28. The van der Waals surface area contributed by atoms with Crippen LogP contribution in [0.5, 0.6) is 5.75 Å². The standard InChI is InChI=1S/C13H19ClN2O3S/c1-13(5-7-15-8-6-13)16-20(17,18)10-3-4-12(19-2)11(14)9-10/h3-4,9,15-16H,5-8H2,1-2H3. The Hall–Kier alpha value is -0.820. The van der Waals surface area contributed by atoms with E-state index in [0.29, 0.717) is 5.75 Å². The first-order valence-electron chi connectivity index (χ1n) is 6.45. The third kappa shape index (κ3) is 3.44. The van der Waals surface area contributed by atoms with Crippen LogP contribution >= 0.6 is 11.6 Å². The molecule has 1 heterocycles. The van der Waals surface area contributed by atoms with Crippen LogP contribution < -0.4 is 14.8 Å². The maximum Gasteiger partial charge on any atom is 0.241 e. The number of ether oxygens (including phenoxy) is 1. The summed E-state index contributed by atoms with van der Waals surface area (Å²) in [6.07, 6.45) is 1.52. The summed E-state index contributed by atoms with van der Waals surface area (Å²) in [5, 5.41) is 3.50. The SMILES string of the molecule is COc1ccc(S(=O)(=O)NC2(C)CCNCC2)cc1Cl. The molecular formula is C13H19ClN2O3S. The molecule has 5 nitrogen and oxygen atoms in total. The summed E-state index contributed by atoms with van der Waals surface area (Å²) in [6, 6.07) is 4.46. The third-order valence-electron chi connectivity index (χ3n) is 3.52. The summed E-state index contributed by atoms with van der Waals surface area (Å²) in [7, 11) is -2.09. The van der Waals surface area contributed by atoms with Gasteiger partial charge in [0, 0.05) is 5.54 Å². The molecule has 0 aliphatic carbocycles. The molecule has 0 unspecified atom stereocenters. The number of methoxy groups -OCH3 is 1. The Bertz CT molecular complexity index is 583. The van der Waals surface area contributed by atoms with Gasteiger partial charge in [0.1, 0.15) is 5.75 Å². The van der Waals surface area contributed by atoms with E-state index < -0.39 is 15.6 Å². The Kier molecular flexibility index (Phi) is 4.59. The molecule has 0 radical (unpaired) electrons. The van der Waals surface area contributed by atoms with Crippen molar-refractivity contribution in [1.82, 2.24) is 10.0 Å². The maximum absolute atomic E-state index is 12.4. The van der Waals surface area contributed by atoms with E-state index in [9.17, 15) is 8.42 Å². The summed E-state index contributed by atoms with van der Waals surface area (Å²) in [6.45, 7) is 3.54. The van der Waals surface area contributed by atoms with Gasteiger partial charge in [0.05, 0.1) is 17.0 Å². The maximum atomic E-state index is 12.4. The second kappa shape index (κ2) is 5.89. The van der Waals surface area contributed by atoms with E-state index in [1.807, 2.05) is 6.92 Å². The number of sulfonamides is 1. The van der Waals surface area contributed by atoms with Gasteiger partial charge in [-0.05, 0) is 51.1 Å². The first-order valence-corrected chi connectivity index (χ1v) is 8.31. The van der Waals surface area contributed by atoms with Crippen molar-refractivity contribution < 1.29 is 13.2 Å². The zero-order valence-corrected chi connectivity index (χ0v) is 13.1. The van der Waals surface area contributed by atoms with Crippen LogP contribution in [0.25, 0.3) is 0 Å². The number of halogens is 1. The molecule has 1 aromatic carbocycles. The minimum absolute atomic E-state index is 0.156. The van der Waals surface area contributed by atoms with Crippen LogP contribution in [-0.2, 0) is 10.0 Å². The van der Waals surface area contributed by atoms with E-state index >= 15 is 0 Å². The van der Waals surface area contributed by atoms with Crippen molar-refractivity contribution in [3.63, 3.8) is 0 Å². The molecule has 0 aromatic heterocycles. The highest BCUT2D eigenvalue weighted by molar-refractivity contribution is 7.89. The van der Waals surface area contributed by atoms with Crippen molar-refractivity contribution in [1.29, 1.82) is 0 Å². The minimum Gasteiger partial charge on any atom is -0.495 e. The van der Waals surface area contributed by atoms with Gasteiger partial charge in [-0.3, -0.25) is 0 Å². The predicted molar refractivity (Wildman–Crippen MR) is 78.8 cm³/mol. The van der Waals surface area contributed by atoms with Crippen LogP contribution in [0.4, 0.5) is 0 Å². The normalized spacial score (nSPS) is 18.8. The molecule has 7 heteroatoms. The minimum atomic E-state index is -3.58. The highest BCUT2D eigenvalue weighted by Crippen LogP contribution is 2.28. The van der Waals surface area contributed by atoms with Crippen LogP contribution in [0.3, 0.4) is 0 Å². The fraction of sp³-hybridized carbons (Fsp3) is 0.538. The van der Waals surface area contributed by atoms with Gasteiger partial charge in [-0.1, -0.05) is 11.6 Å². The molecule has 0 spiro atoms. The second-order valence-electron chi connectivity index (χ2n) is 5.21. The average molecular weight is 319 g/mol. The molecule has 112 valence electrons. The summed E-state index contributed by atoms with van der Waals surface area (Å²) in [5.41, 5.74) is -0.420. The zero-order chi connectivity index (χ0) is 14.8. The second-order valence-corrected chi connectivity index (χ2v) is 7.30. The molecule has 1 aromatic rings. The largest absolute Gasteiger partial charge is 0.495 e. The van der Waals surface area contributed by atoms with Crippen LogP contribution in [0.15, 0.2) is 23.1 Å². The highest BCUT2D eigenvalue weighted by atomic mass is 35.5. The Labute approximate surface area is 124 Å². The Morgan fingerprint density at radius 2 is 2.00 bits per heavy atom. The van der Waals surface area contributed by atoms with Gasteiger partial charge in [0.2, 0.25) is 10.0 Å². The number of nitrogens with one attached hydrogen (secondary N) is 2. The molecule has 1 saturated heterocycles. The van der Waals surface area contributed by atoms with Crippen molar-refractivity contribution in [2.24, 2.45) is 0 Å². The van der Waals surface area contributed by atoms with E-state index in [1.165, 1.54) is 19.2 Å². The molecule has 2 N–H and O–H groups in total. The molecule has 20 heavy (non-hydrogen) atoms. The van der Waals surface area contributed by atoms with E-state index in [2.05, 4.69) is 10.0 Å². The van der Waals surface area contributed by atoms with Crippen LogP contribution in [0.1, 0.15) is 19.8 Å². The molecule has 2 rings (SSSR count). The van der Waals surface area contributed by atoms with Crippen molar-refractivity contribution in [2.75, 3.05) is 20.2 Å². The van der Waals surface area contributed by atoms with Gasteiger partial charge in [-0.2, -0.15) is 0 Å². The molecule has 1 fully saturated rings. The Morgan fingerprint density at radius 3 is 2.55 bits per heavy atom. The smallest absolute Gasteiger partial charge is 0.241 e. The lowest BCUT2D eigenvalue weighted by molar-refractivity contribution is 0.308. The van der Waals surface area contributed by atoms with Gasteiger partial charge in [-0.25, -0.2) is 13.1 Å². The van der Waals surface area contributed by atoms with Gasteiger partial charge >= 0.3 is 0 Å². The number of hydrogen-bond acceptors (Lipinski definition) is 4. The Morgan fingerprint density at radius 1 is 1.35 bits per heavy atom.